The number of hydrogen-bond donors (Lipinski definition) is 1. The Labute approximate surface area is 122 Å². The minimum absolute atomic E-state index is 0.0920. The van der Waals surface area contributed by atoms with Crippen LogP contribution >= 0.6 is 0 Å². The average Bonchev–Trinajstić information content (AvgIpc) is 2.93. The Morgan fingerprint density at radius 1 is 1.40 bits per heavy atom. The maximum atomic E-state index is 6.03. The number of nitrogens with zero attached hydrogens (tertiary/aromatic N) is 2. The summed E-state index contributed by atoms with van der Waals surface area (Å²) in [6.07, 6.45) is 9.56. The zero-order chi connectivity index (χ0) is 14.4. The molecular weight excluding hydrogens is 250 g/mol. The molecule has 0 saturated carbocycles. The maximum Gasteiger partial charge on any atom is 0.122 e. The van der Waals surface area contributed by atoms with Crippen LogP contribution in [0.15, 0.2) is 12.4 Å². The largest absolute Gasteiger partial charge is 0.375 e. The molecule has 2 rings (SSSR count). The van der Waals surface area contributed by atoms with Crippen molar-refractivity contribution >= 4 is 0 Å². The summed E-state index contributed by atoms with van der Waals surface area (Å²) < 4.78 is 8.28. The third kappa shape index (κ3) is 3.61. The van der Waals surface area contributed by atoms with Gasteiger partial charge in [-0.2, -0.15) is 0 Å². The molecule has 0 radical (unpaired) electrons. The van der Waals surface area contributed by atoms with E-state index in [0.717, 1.165) is 57.6 Å². The van der Waals surface area contributed by atoms with Crippen LogP contribution < -0.4 is 5.32 Å². The van der Waals surface area contributed by atoms with Crippen LogP contribution in [0.4, 0.5) is 0 Å². The Balaban J connectivity index is 1.88. The van der Waals surface area contributed by atoms with Gasteiger partial charge in [0.15, 0.2) is 0 Å². The zero-order valence-electron chi connectivity index (χ0n) is 13.2. The first-order valence-corrected chi connectivity index (χ1v) is 8.10. The topological polar surface area (TPSA) is 39.1 Å². The van der Waals surface area contributed by atoms with E-state index in [2.05, 4.69) is 41.8 Å². The first-order chi connectivity index (χ1) is 9.73. The molecule has 1 aromatic heterocycles. The molecule has 1 N–H and O–H groups in total. The van der Waals surface area contributed by atoms with E-state index in [-0.39, 0.29) is 5.60 Å². The van der Waals surface area contributed by atoms with E-state index in [9.17, 15) is 0 Å². The first-order valence-electron chi connectivity index (χ1n) is 8.10. The van der Waals surface area contributed by atoms with Gasteiger partial charge in [0.1, 0.15) is 5.82 Å². The fourth-order valence-electron chi connectivity index (χ4n) is 3.13. The molecule has 1 saturated heterocycles. The highest BCUT2D eigenvalue weighted by molar-refractivity contribution is 4.94. The second kappa shape index (κ2) is 7.23. The van der Waals surface area contributed by atoms with Crippen molar-refractivity contribution in [3.8, 4) is 0 Å². The van der Waals surface area contributed by atoms with Crippen molar-refractivity contribution in [3.63, 3.8) is 0 Å². The summed E-state index contributed by atoms with van der Waals surface area (Å²) in [4.78, 5) is 4.47. The van der Waals surface area contributed by atoms with Crippen molar-refractivity contribution in [3.05, 3.63) is 18.2 Å². The molecule has 0 aromatic carbocycles. The van der Waals surface area contributed by atoms with E-state index < -0.39 is 0 Å². The van der Waals surface area contributed by atoms with Crippen LogP contribution in [0.1, 0.15) is 58.7 Å². The number of hydrogen-bond acceptors (Lipinski definition) is 3. The van der Waals surface area contributed by atoms with Gasteiger partial charge in [0.2, 0.25) is 0 Å². The summed E-state index contributed by atoms with van der Waals surface area (Å²) in [6.45, 7) is 9.47. The number of aromatic nitrogens is 2. The summed E-state index contributed by atoms with van der Waals surface area (Å²) in [5, 5.41) is 3.68. The SMILES string of the molecule is CCCn1ccnc1CNC1CCOC(CC)(CC)C1. The van der Waals surface area contributed by atoms with Crippen molar-refractivity contribution in [1.82, 2.24) is 14.9 Å². The van der Waals surface area contributed by atoms with Crippen LogP contribution in [0.3, 0.4) is 0 Å². The maximum absolute atomic E-state index is 6.03. The van der Waals surface area contributed by atoms with Crippen LogP contribution in [0.25, 0.3) is 0 Å². The van der Waals surface area contributed by atoms with Crippen LogP contribution in [-0.2, 0) is 17.8 Å². The second-order valence-corrected chi connectivity index (χ2v) is 5.85. The van der Waals surface area contributed by atoms with Gasteiger partial charge >= 0.3 is 0 Å². The molecule has 1 unspecified atom stereocenters. The van der Waals surface area contributed by atoms with Crippen LogP contribution in [0, 0.1) is 0 Å². The number of imidazole rings is 1. The molecule has 1 atom stereocenters. The number of ether oxygens (including phenoxy) is 1. The van der Waals surface area contributed by atoms with Gasteiger partial charge in [-0.3, -0.25) is 0 Å². The number of aryl methyl sites for hydroxylation is 1. The third-order valence-electron chi connectivity index (χ3n) is 4.60. The lowest BCUT2D eigenvalue weighted by Crippen LogP contribution is -2.46. The molecule has 1 aliphatic rings. The predicted molar refractivity (Wildman–Crippen MR) is 81.6 cm³/mol. The van der Waals surface area contributed by atoms with Crippen molar-refractivity contribution < 1.29 is 4.74 Å². The standard InChI is InChI=1S/C16H29N3O/c1-4-9-19-10-8-17-15(19)13-18-14-7-11-20-16(5-2,6-3)12-14/h8,10,14,18H,4-7,9,11-13H2,1-3H3. The Morgan fingerprint density at radius 2 is 2.20 bits per heavy atom. The van der Waals surface area contributed by atoms with Crippen molar-refractivity contribution in [1.29, 1.82) is 0 Å². The van der Waals surface area contributed by atoms with Crippen LogP contribution in [0.5, 0.6) is 0 Å². The molecule has 4 nitrogen and oxygen atoms in total. The summed E-state index contributed by atoms with van der Waals surface area (Å²) >= 11 is 0. The number of nitrogens with one attached hydrogen (secondary N) is 1. The molecule has 0 aliphatic carbocycles. The van der Waals surface area contributed by atoms with Crippen molar-refractivity contribution in [2.24, 2.45) is 0 Å². The van der Waals surface area contributed by atoms with Crippen LogP contribution in [0.2, 0.25) is 0 Å². The average molecular weight is 279 g/mol. The highest BCUT2D eigenvalue weighted by atomic mass is 16.5. The lowest BCUT2D eigenvalue weighted by Gasteiger charge is -2.40. The molecule has 114 valence electrons. The molecule has 20 heavy (non-hydrogen) atoms. The quantitative estimate of drug-likeness (QED) is 0.833. The van der Waals surface area contributed by atoms with E-state index in [1.807, 2.05) is 6.20 Å². The molecule has 4 heteroatoms. The van der Waals surface area contributed by atoms with Gasteiger partial charge in [0.25, 0.3) is 0 Å². The summed E-state index contributed by atoms with van der Waals surface area (Å²) in [5.74, 6) is 1.15. The van der Waals surface area contributed by atoms with E-state index in [1.165, 1.54) is 0 Å². The minimum atomic E-state index is 0.0920. The Hall–Kier alpha value is -0.870. The monoisotopic (exact) mass is 279 g/mol. The molecular formula is C16H29N3O. The number of rotatable bonds is 7. The highest BCUT2D eigenvalue weighted by Crippen LogP contribution is 2.31. The molecule has 1 aromatic rings. The smallest absolute Gasteiger partial charge is 0.122 e. The van der Waals surface area contributed by atoms with Gasteiger partial charge in [0, 0.05) is 31.6 Å². The van der Waals surface area contributed by atoms with Gasteiger partial charge in [0.05, 0.1) is 12.1 Å². The third-order valence-corrected chi connectivity index (χ3v) is 4.60. The summed E-state index contributed by atoms with van der Waals surface area (Å²) in [5.41, 5.74) is 0.0920. The van der Waals surface area contributed by atoms with Crippen LogP contribution in [-0.4, -0.2) is 27.8 Å². The molecule has 1 aliphatic heterocycles. The highest BCUT2D eigenvalue weighted by Gasteiger charge is 2.34. The molecule has 0 spiro atoms. The van der Waals surface area contributed by atoms with Gasteiger partial charge in [-0.1, -0.05) is 20.8 Å². The molecule has 0 bridgehead atoms. The second-order valence-electron chi connectivity index (χ2n) is 5.85. The fraction of sp³-hybridized carbons (Fsp3) is 0.812. The van der Waals surface area contributed by atoms with E-state index in [1.54, 1.807) is 0 Å². The van der Waals surface area contributed by atoms with Crippen molar-refractivity contribution in [2.45, 2.75) is 77.6 Å². The van der Waals surface area contributed by atoms with Gasteiger partial charge < -0.3 is 14.6 Å². The lowest BCUT2D eigenvalue weighted by atomic mass is 9.86. The Morgan fingerprint density at radius 3 is 2.90 bits per heavy atom. The molecule has 0 amide bonds. The van der Waals surface area contributed by atoms with Gasteiger partial charge in [-0.05, 0) is 32.1 Å². The van der Waals surface area contributed by atoms with Crippen molar-refractivity contribution in [2.75, 3.05) is 6.61 Å². The molecule has 1 fully saturated rings. The zero-order valence-corrected chi connectivity index (χ0v) is 13.2. The predicted octanol–water partition coefficient (Wildman–Crippen LogP) is 3.12. The minimum Gasteiger partial charge on any atom is -0.375 e. The van der Waals surface area contributed by atoms with Gasteiger partial charge in [-0.15, -0.1) is 0 Å². The lowest BCUT2D eigenvalue weighted by molar-refractivity contribution is -0.0932. The first kappa shape index (κ1) is 15.5. The summed E-state index contributed by atoms with van der Waals surface area (Å²) in [6, 6.07) is 0.551. The molecule has 2 heterocycles. The van der Waals surface area contributed by atoms with E-state index >= 15 is 0 Å². The normalized spacial score (nSPS) is 22.1. The Bertz CT molecular complexity index is 398. The Kier molecular flexibility index (Phi) is 5.61. The van der Waals surface area contributed by atoms with Gasteiger partial charge in [-0.25, -0.2) is 4.98 Å². The van der Waals surface area contributed by atoms with E-state index in [4.69, 9.17) is 4.74 Å². The fourth-order valence-corrected chi connectivity index (χ4v) is 3.13. The van der Waals surface area contributed by atoms with E-state index in [0.29, 0.717) is 6.04 Å². The summed E-state index contributed by atoms with van der Waals surface area (Å²) in [7, 11) is 0.